The molecule has 4 aromatic carbocycles. The van der Waals surface area contributed by atoms with E-state index in [1.165, 1.54) is 31.5 Å². The Morgan fingerprint density at radius 2 is 1.21 bits per heavy atom. The van der Waals surface area contributed by atoms with Crippen LogP contribution in [0.1, 0.15) is 36.0 Å². The summed E-state index contributed by atoms with van der Waals surface area (Å²) in [7, 11) is 0. The Bertz CT molecular complexity index is 2910. The minimum Gasteiger partial charge on any atom is -0.492 e. The number of hydrogen-bond acceptors (Lipinski definition) is 12. The third kappa shape index (κ3) is 10.2. The monoisotopic (exact) mass is 902 g/mol. The van der Waals surface area contributed by atoms with E-state index in [9.17, 15) is 0 Å². The number of benzene rings is 4. The molecule has 8 aromatic rings. The van der Waals surface area contributed by atoms with E-state index in [4.69, 9.17) is 36.0 Å². The van der Waals surface area contributed by atoms with E-state index >= 15 is 0 Å². The van der Waals surface area contributed by atoms with Crippen molar-refractivity contribution < 1.29 is 9.47 Å². The normalized spacial score (nSPS) is 15.4. The number of aryl methyl sites for hydroxylation is 2. The lowest BCUT2D eigenvalue weighted by molar-refractivity contribution is 0.233. The van der Waals surface area contributed by atoms with Gasteiger partial charge in [-0.2, -0.15) is 9.97 Å². The van der Waals surface area contributed by atoms with Crippen LogP contribution < -0.4 is 30.7 Å². The molecule has 1 atom stereocenters. The number of ether oxygens (including phenoxy) is 2. The van der Waals surface area contributed by atoms with Gasteiger partial charge in [0.05, 0.1) is 16.1 Å². The number of nitrogens with zero attached hydrogens (tertiary/aromatic N) is 6. The largest absolute Gasteiger partial charge is 0.492 e. The molecule has 6 N–H and O–H groups in total. The summed E-state index contributed by atoms with van der Waals surface area (Å²) in [5.41, 5.74) is 8.89. The third-order valence-corrected chi connectivity index (χ3v) is 12.9. The average molecular weight is 904 g/mol. The number of halogens is 1. The standard InChI is InChI=1S/C51H55ClN12O2/c1-33-5-15-44(41-17-20-53-46(33)41)59-48-34(2)30-55-50(61-48)57-37-6-12-40(13-7-37)66-28-26-64-24-19-35(32-64)29-36-31-56-51(62-49(36)60-45-16-14-43(52)47-42(45)18-21-54-47)58-38-8-10-39(11-9-38)65-27-25-63-22-3-4-23-63/h5-18,20-21,30-31,35,53-54H,3-4,19,22-29,32H2,1-2H3,(H2,55,57,59,61)(H2,56,58,60,62). The predicted octanol–water partition coefficient (Wildman–Crippen LogP) is 10.9. The van der Waals surface area contributed by atoms with Gasteiger partial charge in [-0.05, 0) is 150 Å². The van der Waals surface area contributed by atoms with Crippen LogP contribution in [0.3, 0.4) is 0 Å². The highest BCUT2D eigenvalue weighted by molar-refractivity contribution is 6.35. The van der Waals surface area contributed by atoms with Gasteiger partial charge in [-0.1, -0.05) is 17.7 Å². The second-order valence-electron chi connectivity index (χ2n) is 17.3. The van der Waals surface area contributed by atoms with E-state index in [0.717, 1.165) is 118 Å². The molecule has 0 bridgehead atoms. The minimum absolute atomic E-state index is 0.445. The van der Waals surface area contributed by atoms with E-state index in [2.05, 4.69) is 71.1 Å². The van der Waals surface area contributed by atoms with E-state index in [1.807, 2.05) is 98.4 Å². The van der Waals surface area contributed by atoms with Crippen molar-refractivity contribution in [2.45, 2.75) is 39.5 Å². The van der Waals surface area contributed by atoms with Crippen molar-refractivity contribution in [3.05, 3.63) is 131 Å². The van der Waals surface area contributed by atoms with Gasteiger partial charge in [-0.25, -0.2) is 9.97 Å². The van der Waals surface area contributed by atoms with Crippen LogP contribution in [0.15, 0.2) is 110 Å². The van der Waals surface area contributed by atoms with Crippen molar-refractivity contribution in [3.63, 3.8) is 0 Å². The van der Waals surface area contributed by atoms with Crippen LogP contribution in [0.4, 0.5) is 46.3 Å². The van der Waals surface area contributed by atoms with Gasteiger partial charge in [0.2, 0.25) is 11.9 Å². The van der Waals surface area contributed by atoms with Crippen LogP contribution in [-0.2, 0) is 6.42 Å². The molecule has 2 aliphatic rings. The number of aromatic amines is 2. The lowest BCUT2D eigenvalue weighted by atomic mass is 10.00. The maximum absolute atomic E-state index is 6.53. The van der Waals surface area contributed by atoms with Crippen molar-refractivity contribution in [2.75, 3.05) is 73.7 Å². The molecule has 0 spiro atoms. The molecule has 10 rings (SSSR count). The average Bonchev–Trinajstić information content (AvgIpc) is 4.19. The zero-order valence-electron chi connectivity index (χ0n) is 37.3. The topological polar surface area (TPSA) is 156 Å². The van der Waals surface area contributed by atoms with Gasteiger partial charge in [0.15, 0.2) is 0 Å². The van der Waals surface area contributed by atoms with E-state index in [1.54, 1.807) is 0 Å². The maximum Gasteiger partial charge on any atom is 0.229 e. The van der Waals surface area contributed by atoms with Crippen LogP contribution in [0, 0.1) is 19.8 Å². The van der Waals surface area contributed by atoms with Crippen LogP contribution in [0.25, 0.3) is 21.8 Å². The van der Waals surface area contributed by atoms with Crippen molar-refractivity contribution in [2.24, 2.45) is 5.92 Å². The second kappa shape index (κ2) is 19.7. The van der Waals surface area contributed by atoms with Gasteiger partial charge in [-0.15, -0.1) is 0 Å². The Labute approximate surface area is 389 Å². The summed E-state index contributed by atoms with van der Waals surface area (Å²) < 4.78 is 12.3. The first kappa shape index (κ1) is 43.0. The van der Waals surface area contributed by atoms with Crippen molar-refractivity contribution in [1.82, 2.24) is 39.7 Å². The summed E-state index contributed by atoms with van der Waals surface area (Å²) >= 11 is 6.53. The molecule has 4 aromatic heterocycles. The lowest BCUT2D eigenvalue weighted by Gasteiger charge is -2.18. The number of rotatable bonds is 18. The van der Waals surface area contributed by atoms with Crippen molar-refractivity contribution in [3.8, 4) is 11.5 Å². The number of hydrogen-bond donors (Lipinski definition) is 6. The zero-order chi connectivity index (χ0) is 44.8. The summed E-state index contributed by atoms with van der Waals surface area (Å²) in [5.74, 6) is 4.66. The SMILES string of the molecule is Cc1cnc(Nc2ccc(OCCN3CCC(Cc4cnc(Nc5ccc(OCCN6CCCC6)cc5)nc4Nc4ccc(Cl)c5[nH]ccc45)C3)cc2)nc1Nc1ccc(C)c2[nH]ccc12. The minimum atomic E-state index is 0.445. The molecule has 2 aliphatic heterocycles. The van der Waals surface area contributed by atoms with Crippen molar-refractivity contribution >= 4 is 79.7 Å². The molecule has 2 saturated heterocycles. The molecule has 338 valence electrons. The molecule has 1 unspecified atom stereocenters. The fraction of sp³-hybridized carbons (Fsp3) is 0.294. The van der Waals surface area contributed by atoms with Crippen LogP contribution in [-0.4, -0.2) is 92.2 Å². The first-order valence-electron chi connectivity index (χ1n) is 22.9. The molecule has 0 saturated carbocycles. The van der Waals surface area contributed by atoms with Crippen LogP contribution in [0.2, 0.25) is 5.02 Å². The number of nitrogens with one attached hydrogen (secondary N) is 6. The Balaban J connectivity index is 0.734. The Hall–Kier alpha value is -6.87. The zero-order valence-corrected chi connectivity index (χ0v) is 38.1. The molecule has 0 aliphatic carbocycles. The van der Waals surface area contributed by atoms with Crippen molar-refractivity contribution in [1.29, 1.82) is 0 Å². The Morgan fingerprint density at radius 1 is 0.621 bits per heavy atom. The van der Waals surface area contributed by atoms with Gasteiger partial charge in [-0.3, -0.25) is 9.80 Å². The molecular weight excluding hydrogens is 848 g/mol. The highest BCUT2D eigenvalue weighted by Gasteiger charge is 2.25. The summed E-state index contributed by atoms with van der Waals surface area (Å²) in [6.45, 7) is 11.5. The van der Waals surface area contributed by atoms with Crippen LogP contribution >= 0.6 is 11.6 Å². The molecule has 0 amide bonds. The van der Waals surface area contributed by atoms with Gasteiger partial charge in [0.1, 0.15) is 36.3 Å². The van der Waals surface area contributed by atoms with Gasteiger partial charge < -0.3 is 40.7 Å². The van der Waals surface area contributed by atoms with Gasteiger partial charge >= 0.3 is 0 Å². The summed E-state index contributed by atoms with van der Waals surface area (Å²) in [4.78, 5) is 30.7. The molecule has 0 radical (unpaired) electrons. The fourth-order valence-corrected chi connectivity index (χ4v) is 9.18. The number of fused-ring (bicyclic) bond motifs is 2. The highest BCUT2D eigenvalue weighted by atomic mass is 35.5. The molecule has 66 heavy (non-hydrogen) atoms. The Kier molecular flexibility index (Phi) is 12.9. The predicted molar refractivity (Wildman–Crippen MR) is 266 cm³/mol. The maximum atomic E-state index is 6.53. The van der Waals surface area contributed by atoms with Gasteiger partial charge in [0, 0.05) is 89.1 Å². The van der Waals surface area contributed by atoms with Gasteiger partial charge in [0.25, 0.3) is 0 Å². The number of anilines is 8. The fourth-order valence-electron chi connectivity index (χ4n) is 8.96. The smallest absolute Gasteiger partial charge is 0.229 e. The quantitative estimate of drug-likeness (QED) is 0.0485. The number of H-pyrrole nitrogens is 2. The third-order valence-electron chi connectivity index (χ3n) is 12.6. The number of aromatic nitrogens is 6. The van der Waals surface area contributed by atoms with E-state index in [0.29, 0.717) is 36.1 Å². The van der Waals surface area contributed by atoms with E-state index in [-0.39, 0.29) is 0 Å². The first-order valence-corrected chi connectivity index (χ1v) is 23.2. The molecule has 6 heterocycles. The van der Waals surface area contributed by atoms with E-state index < -0.39 is 0 Å². The van der Waals surface area contributed by atoms with Crippen LogP contribution in [0.5, 0.6) is 11.5 Å². The summed E-state index contributed by atoms with van der Waals surface area (Å²) in [5, 5.41) is 16.7. The summed E-state index contributed by atoms with van der Waals surface area (Å²) in [6, 6.07) is 28.1. The number of likely N-dealkylation sites (tertiary alicyclic amines) is 2. The molecular formula is C51H55ClN12O2. The Morgan fingerprint density at radius 3 is 1.91 bits per heavy atom. The lowest BCUT2D eigenvalue weighted by Crippen LogP contribution is -2.26. The molecule has 15 heteroatoms. The second-order valence-corrected chi connectivity index (χ2v) is 17.7. The highest BCUT2D eigenvalue weighted by Crippen LogP contribution is 2.34. The molecule has 2 fully saturated rings. The first-order chi connectivity index (χ1) is 32.4. The molecule has 14 nitrogen and oxygen atoms in total. The summed E-state index contributed by atoms with van der Waals surface area (Å²) in [6.07, 6.45) is 12.1.